The molecule has 1 aliphatic rings. The second kappa shape index (κ2) is 9.70. The molecule has 0 saturated carbocycles. The van der Waals surface area contributed by atoms with Gasteiger partial charge in [-0.1, -0.05) is 48.5 Å². The molecular formula is C25H20F2N2O5. The third-order valence-corrected chi connectivity index (χ3v) is 5.53. The van der Waals surface area contributed by atoms with E-state index in [-0.39, 0.29) is 25.5 Å². The van der Waals surface area contributed by atoms with Crippen molar-refractivity contribution in [2.24, 2.45) is 0 Å². The minimum absolute atomic E-state index is 0.100. The van der Waals surface area contributed by atoms with E-state index in [1.54, 1.807) is 0 Å². The largest absolute Gasteiger partial charge is 0.478 e. The van der Waals surface area contributed by atoms with Crippen molar-refractivity contribution in [2.45, 2.75) is 12.3 Å². The van der Waals surface area contributed by atoms with Crippen LogP contribution in [0.3, 0.4) is 0 Å². The molecule has 7 nitrogen and oxygen atoms in total. The Morgan fingerprint density at radius 1 is 0.912 bits per heavy atom. The fraction of sp³-hybridized carbons (Fsp3) is 0.160. The number of carboxylic acids is 1. The number of nitrogens with one attached hydrogen (secondary N) is 2. The molecule has 34 heavy (non-hydrogen) atoms. The fourth-order valence-corrected chi connectivity index (χ4v) is 3.95. The van der Waals surface area contributed by atoms with Gasteiger partial charge < -0.3 is 20.5 Å². The van der Waals surface area contributed by atoms with Gasteiger partial charge >= 0.3 is 12.1 Å². The molecule has 1 aliphatic carbocycles. The molecule has 0 radical (unpaired) electrons. The number of alkyl carbamates (subject to hydrolysis) is 1. The number of hydrogen-bond donors (Lipinski definition) is 3. The Balaban J connectivity index is 1.28. The van der Waals surface area contributed by atoms with Gasteiger partial charge in [0.05, 0.1) is 11.3 Å². The summed E-state index contributed by atoms with van der Waals surface area (Å²) in [7, 11) is 0. The Bertz CT molecular complexity index is 1230. The van der Waals surface area contributed by atoms with E-state index in [1.165, 1.54) is 0 Å². The number of carboxylic acid groups (broad SMARTS) is 1. The lowest BCUT2D eigenvalue weighted by molar-refractivity contribution is -0.116. The summed E-state index contributed by atoms with van der Waals surface area (Å²) < 4.78 is 32.7. The number of ether oxygens (including phenoxy) is 1. The molecule has 0 saturated heterocycles. The minimum Gasteiger partial charge on any atom is -0.478 e. The lowest BCUT2D eigenvalue weighted by Crippen LogP contribution is -2.29. The summed E-state index contributed by atoms with van der Waals surface area (Å²) in [6, 6.07) is 16.9. The maximum atomic E-state index is 13.8. The number of carbonyl (C=O) groups excluding carboxylic acids is 2. The number of anilines is 1. The Labute approximate surface area is 193 Å². The van der Waals surface area contributed by atoms with Crippen LogP contribution in [0.2, 0.25) is 0 Å². The molecule has 0 fully saturated rings. The molecular weight excluding hydrogens is 446 g/mol. The number of fused-ring (bicyclic) bond motifs is 3. The lowest BCUT2D eigenvalue weighted by Gasteiger charge is -2.14. The zero-order valence-corrected chi connectivity index (χ0v) is 17.8. The normalized spacial score (nSPS) is 11.9. The van der Waals surface area contributed by atoms with Crippen LogP contribution in [0.4, 0.5) is 19.3 Å². The first-order valence-electron chi connectivity index (χ1n) is 10.5. The highest BCUT2D eigenvalue weighted by Crippen LogP contribution is 2.44. The van der Waals surface area contributed by atoms with Crippen molar-refractivity contribution in [3.05, 3.63) is 89.0 Å². The molecule has 0 aromatic heterocycles. The summed E-state index contributed by atoms with van der Waals surface area (Å²) in [6.07, 6.45) is -0.945. The van der Waals surface area contributed by atoms with E-state index in [2.05, 4.69) is 10.6 Å². The first-order valence-corrected chi connectivity index (χ1v) is 10.5. The predicted octanol–water partition coefficient (Wildman–Crippen LogP) is 4.53. The molecule has 4 rings (SSSR count). The number of hydrogen-bond acceptors (Lipinski definition) is 4. The van der Waals surface area contributed by atoms with E-state index in [9.17, 15) is 23.2 Å². The van der Waals surface area contributed by atoms with Crippen molar-refractivity contribution < 1.29 is 33.0 Å². The van der Waals surface area contributed by atoms with Gasteiger partial charge in [0.25, 0.3) is 0 Å². The highest BCUT2D eigenvalue weighted by atomic mass is 19.1. The second-order valence-electron chi connectivity index (χ2n) is 7.67. The summed E-state index contributed by atoms with van der Waals surface area (Å²) in [5.74, 6) is -4.75. The van der Waals surface area contributed by atoms with E-state index in [4.69, 9.17) is 9.84 Å². The number of benzene rings is 3. The average Bonchev–Trinajstić information content (AvgIpc) is 3.13. The predicted molar refractivity (Wildman–Crippen MR) is 120 cm³/mol. The molecule has 0 atom stereocenters. The summed E-state index contributed by atoms with van der Waals surface area (Å²) in [4.78, 5) is 35.2. The van der Waals surface area contributed by atoms with E-state index >= 15 is 0 Å². The molecule has 3 N–H and O–H groups in total. The van der Waals surface area contributed by atoms with E-state index in [0.29, 0.717) is 12.1 Å². The van der Waals surface area contributed by atoms with Gasteiger partial charge in [-0.05, 0) is 28.3 Å². The van der Waals surface area contributed by atoms with Crippen LogP contribution in [-0.4, -0.2) is 36.2 Å². The Kier molecular flexibility index (Phi) is 6.53. The summed E-state index contributed by atoms with van der Waals surface area (Å²) in [5.41, 5.74) is 3.10. The number of rotatable bonds is 7. The maximum Gasteiger partial charge on any atom is 0.407 e. The summed E-state index contributed by atoms with van der Waals surface area (Å²) in [6.45, 7) is 0.0158. The molecule has 3 aromatic carbocycles. The van der Waals surface area contributed by atoms with Crippen LogP contribution in [0.5, 0.6) is 0 Å². The van der Waals surface area contributed by atoms with Crippen molar-refractivity contribution in [1.29, 1.82) is 0 Å². The molecule has 0 bridgehead atoms. The van der Waals surface area contributed by atoms with E-state index in [0.717, 1.165) is 22.3 Å². The molecule has 0 spiro atoms. The van der Waals surface area contributed by atoms with Crippen LogP contribution in [0, 0.1) is 11.6 Å². The topological polar surface area (TPSA) is 105 Å². The summed E-state index contributed by atoms with van der Waals surface area (Å²) in [5, 5.41) is 13.5. The van der Waals surface area contributed by atoms with Crippen molar-refractivity contribution in [2.75, 3.05) is 18.5 Å². The zero-order valence-electron chi connectivity index (χ0n) is 17.8. The first kappa shape index (κ1) is 22.9. The van der Waals surface area contributed by atoms with Crippen LogP contribution >= 0.6 is 0 Å². The van der Waals surface area contributed by atoms with E-state index < -0.39 is 40.9 Å². The first-order chi connectivity index (χ1) is 16.3. The van der Waals surface area contributed by atoms with Crippen molar-refractivity contribution in [3.8, 4) is 11.1 Å². The van der Waals surface area contributed by atoms with Crippen LogP contribution in [-0.2, 0) is 9.53 Å². The number of halogens is 2. The number of aromatic carboxylic acids is 1. The Morgan fingerprint density at radius 3 is 2.15 bits per heavy atom. The van der Waals surface area contributed by atoms with Crippen molar-refractivity contribution in [1.82, 2.24) is 5.32 Å². The lowest BCUT2D eigenvalue weighted by atomic mass is 9.98. The van der Waals surface area contributed by atoms with Gasteiger partial charge in [-0.2, -0.15) is 0 Å². The molecule has 174 valence electrons. The van der Waals surface area contributed by atoms with E-state index in [1.807, 2.05) is 48.5 Å². The molecule has 0 unspecified atom stereocenters. The molecule has 0 aliphatic heterocycles. The third kappa shape index (κ3) is 4.73. The van der Waals surface area contributed by atoms with Gasteiger partial charge in [0, 0.05) is 24.9 Å². The fourth-order valence-electron chi connectivity index (χ4n) is 3.95. The second-order valence-corrected chi connectivity index (χ2v) is 7.67. The quantitative estimate of drug-likeness (QED) is 0.475. The number of carbonyl (C=O) groups is 3. The minimum atomic E-state index is -1.59. The van der Waals surface area contributed by atoms with Crippen LogP contribution in [0.25, 0.3) is 11.1 Å². The van der Waals surface area contributed by atoms with Crippen molar-refractivity contribution >= 4 is 23.7 Å². The maximum absolute atomic E-state index is 13.8. The van der Waals surface area contributed by atoms with Crippen molar-refractivity contribution in [3.63, 3.8) is 0 Å². The van der Waals surface area contributed by atoms with Crippen LogP contribution < -0.4 is 10.6 Å². The van der Waals surface area contributed by atoms with Gasteiger partial charge in [0.15, 0.2) is 0 Å². The Morgan fingerprint density at radius 2 is 1.53 bits per heavy atom. The monoisotopic (exact) mass is 466 g/mol. The van der Waals surface area contributed by atoms with Gasteiger partial charge in [-0.15, -0.1) is 0 Å². The van der Waals surface area contributed by atoms with Gasteiger partial charge in [0.2, 0.25) is 5.91 Å². The smallest absolute Gasteiger partial charge is 0.407 e. The van der Waals surface area contributed by atoms with Gasteiger partial charge in [0.1, 0.15) is 18.2 Å². The Hall–Kier alpha value is -4.27. The van der Waals surface area contributed by atoms with Crippen LogP contribution in [0.15, 0.2) is 60.7 Å². The highest BCUT2D eigenvalue weighted by molar-refractivity contribution is 5.94. The third-order valence-electron chi connectivity index (χ3n) is 5.53. The molecule has 0 heterocycles. The summed E-state index contributed by atoms with van der Waals surface area (Å²) >= 11 is 0. The van der Waals surface area contributed by atoms with Gasteiger partial charge in [-0.3, -0.25) is 4.79 Å². The average molecular weight is 466 g/mol. The number of amides is 2. The van der Waals surface area contributed by atoms with Gasteiger partial charge in [-0.25, -0.2) is 18.4 Å². The molecule has 9 heteroatoms. The zero-order chi connectivity index (χ0) is 24.2. The molecule has 3 aromatic rings. The highest BCUT2D eigenvalue weighted by Gasteiger charge is 2.29. The SMILES string of the molecule is O=C(CCNC(=O)OCC1c2ccccc2-c2ccccc21)Nc1cc(C(=O)O)c(F)cc1F. The van der Waals surface area contributed by atoms with Crippen LogP contribution in [0.1, 0.15) is 33.8 Å². The standard InChI is InChI=1S/C25H20F2N2O5/c26-20-12-21(27)22(11-18(20)24(31)32)29-23(30)9-10-28-25(33)34-13-19-16-7-3-1-5-14(16)15-6-2-4-8-17(15)19/h1-8,11-12,19H,9-10,13H2,(H,28,33)(H,29,30)(H,31,32). The molecule has 2 amide bonds.